The van der Waals surface area contributed by atoms with E-state index in [1.165, 1.54) is 0 Å². The summed E-state index contributed by atoms with van der Waals surface area (Å²) in [7, 11) is 0. The highest BCUT2D eigenvalue weighted by molar-refractivity contribution is 5.86. The van der Waals surface area contributed by atoms with Crippen LogP contribution < -0.4 is 5.73 Å². The number of anilines is 1. The molecule has 1 heterocycles. The quantitative estimate of drug-likeness (QED) is 0.339. The van der Waals surface area contributed by atoms with Gasteiger partial charge < -0.3 is 10.7 Å². The lowest BCUT2D eigenvalue weighted by Crippen LogP contribution is -1.89. The summed E-state index contributed by atoms with van der Waals surface area (Å²) >= 11 is 0. The Labute approximate surface area is 175 Å². The van der Waals surface area contributed by atoms with Crippen molar-refractivity contribution in [1.29, 1.82) is 0 Å². The number of H-pyrrole nitrogens is 1. The molecule has 3 heteroatoms. The predicted octanol–water partition coefficient (Wildman–Crippen LogP) is 6.66. The van der Waals surface area contributed by atoms with Crippen LogP contribution >= 0.6 is 0 Å². The Hall–Kier alpha value is -4.11. The number of nitrogens with two attached hydrogens (primary N) is 1. The zero-order chi connectivity index (χ0) is 20.3. The maximum Gasteiger partial charge on any atom is 0.139 e. The number of nitrogen functional groups attached to an aromatic ring is 1. The van der Waals surface area contributed by atoms with Gasteiger partial charge >= 0.3 is 0 Å². The molecule has 0 unspecified atom stereocenters. The summed E-state index contributed by atoms with van der Waals surface area (Å²) in [5.74, 6) is 0.839. The van der Waals surface area contributed by atoms with Gasteiger partial charge in [-0.2, -0.15) is 0 Å². The molecule has 5 rings (SSSR count). The van der Waals surface area contributed by atoms with Gasteiger partial charge in [0.25, 0.3) is 0 Å². The van der Waals surface area contributed by atoms with E-state index in [2.05, 4.69) is 47.4 Å². The van der Waals surface area contributed by atoms with Crippen LogP contribution in [0.25, 0.3) is 45.0 Å². The monoisotopic (exact) mass is 387 g/mol. The van der Waals surface area contributed by atoms with Crippen molar-refractivity contribution in [3.63, 3.8) is 0 Å². The van der Waals surface area contributed by atoms with Crippen LogP contribution in [-0.4, -0.2) is 9.97 Å². The van der Waals surface area contributed by atoms with E-state index in [0.717, 1.165) is 50.7 Å². The second-order valence-electron chi connectivity index (χ2n) is 7.21. The van der Waals surface area contributed by atoms with Crippen LogP contribution in [0, 0.1) is 0 Å². The summed E-state index contributed by atoms with van der Waals surface area (Å²) in [5.41, 5.74) is 14.1. The smallest absolute Gasteiger partial charge is 0.139 e. The Bertz CT molecular complexity index is 1230. The number of imidazole rings is 1. The molecule has 0 amide bonds. The van der Waals surface area contributed by atoms with Crippen molar-refractivity contribution in [3.8, 4) is 45.0 Å². The molecule has 0 aliphatic rings. The van der Waals surface area contributed by atoms with Crippen LogP contribution in [0.4, 0.5) is 5.69 Å². The van der Waals surface area contributed by atoms with E-state index in [0.29, 0.717) is 0 Å². The first-order chi connectivity index (χ1) is 14.8. The Morgan fingerprint density at radius 3 is 1.87 bits per heavy atom. The number of rotatable bonds is 4. The van der Waals surface area contributed by atoms with E-state index in [-0.39, 0.29) is 0 Å². The van der Waals surface area contributed by atoms with E-state index >= 15 is 0 Å². The summed E-state index contributed by atoms with van der Waals surface area (Å²) < 4.78 is 0. The number of aromatic amines is 1. The van der Waals surface area contributed by atoms with Gasteiger partial charge in [0.15, 0.2) is 0 Å². The molecule has 0 spiro atoms. The lowest BCUT2D eigenvalue weighted by Gasteiger charge is -2.08. The Kier molecular flexibility index (Phi) is 4.62. The molecule has 0 atom stereocenters. The Balaban J connectivity index is 1.71. The molecule has 1 aromatic heterocycles. The molecule has 0 saturated heterocycles. The number of aromatic nitrogens is 2. The minimum absolute atomic E-state index is 0.747. The van der Waals surface area contributed by atoms with Gasteiger partial charge in [0.1, 0.15) is 5.82 Å². The number of hydrogen-bond acceptors (Lipinski definition) is 2. The van der Waals surface area contributed by atoms with Crippen molar-refractivity contribution in [1.82, 2.24) is 9.97 Å². The molecule has 144 valence electrons. The molecule has 0 saturated carbocycles. The minimum atomic E-state index is 0.747. The van der Waals surface area contributed by atoms with Crippen LogP contribution in [0.3, 0.4) is 0 Å². The fourth-order valence-electron chi connectivity index (χ4n) is 3.77. The highest BCUT2D eigenvalue weighted by Crippen LogP contribution is 2.36. The highest BCUT2D eigenvalue weighted by Gasteiger charge is 2.17. The summed E-state index contributed by atoms with van der Waals surface area (Å²) in [6.45, 7) is 0. The molecular formula is C27H21N3. The number of benzene rings is 4. The van der Waals surface area contributed by atoms with E-state index in [4.69, 9.17) is 10.7 Å². The van der Waals surface area contributed by atoms with Crippen molar-refractivity contribution in [3.05, 3.63) is 109 Å². The largest absolute Gasteiger partial charge is 0.399 e. The number of nitrogens with one attached hydrogen (secondary N) is 1. The number of hydrogen-bond donors (Lipinski definition) is 2. The third-order valence-corrected chi connectivity index (χ3v) is 5.19. The normalized spacial score (nSPS) is 10.8. The van der Waals surface area contributed by atoms with Crippen LogP contribution in [0.15, 0.2) is 109 Å². The second kappa shape index (κ2) is 7.72. The lowest BCUT2D eigenvalue weighted by molar-refractivity contribution is 1.31. The third kappa shape index (κ3) is 3.38. The molecule has 0 radical (unpaired) electrons. The molecule has 0 bridgehead atoms. The average molecular weight is 387 g/mol. The van der Waals surface area contributed by atoms with Crippen molar-refractivity contribution in [2.75, 3.05) is 5.73 Å². The molecule has 3 nitrogen and oxygen atoms in total. The zero-order valence-corrected chi connectivity index (χ0v) is 16.4. The highest BCUT2D eigenvalue weighted by atomic mass is 14.9. The van der Waals surface area contributed by atoms with Gasteiger partial charge in [-0.1, -0.05) is 97.1 Å². The first-order valence-corrected chi connectivity index (χ1v) is 9.96. The molecule has 0 aliphatic carbocycles. The Morgan fingerprint density at radius 1 is 0.567 bits per heavy atom. The Morgan fingerprint density at radius 2 is 1.17 bits per heavy atom. The molecular weight excluding hydrogens is 366 g/mol. The summed E-state index contributed by atoms with van der Waals surface area (Å²) in [4.78, 5) is 8.64. The van der Waals surface area contributed by atoms with Crippen molar-refractivity contribution < 1.29 is 0 Å². The van der Waals surface area contributed by atoms with Gasteiger partial charge in [-0.15, -0.1) is 0 Å². The maximum absolute atomic E-state index is 6.04. The first-order valence-electron chi connectivity index (χ1n) is 9.96. The standard InChI is InChI=1S/C27H21N3/c28-22-15-9-14-21(18-22)23-16-7-8-17-24(23)27-29-25(19-10-3-1-4-11-19)26(30-27)20-12-5-2-6-13-20/h1-18H,28H2,(H,29,30). The summed E-state index contributed by atoms with van der Waals surface area (Å²) in [6.07, 6.45) is 0. The molecule has 5 aromatic rings. The van der Waals surface area contributed by atoms with Crippen LogP contribution in [0.1, 0.15) is 0 Å². The zero-order valence-electron chi connectivity index (χ0n) is 16.4. The fourth-order valence-corrected chi connectivity index (χ4v) is 3.77. The van der Waals surface area contributed by atoms with Gasteiger partial charge in [-0.25, -0.2) is 4.98 Å². The summed E-state index contributed by atoms with van der Waals surface area (Å²) in [6, 6.07) is 36.9. The average Bonchev–Trinajstić information content (AvgIpc) is 3.26. The van der Waals surface area contributed by atoms with Gasteiger partial charge in [0, 0.05) is 22.4 Å². The lowest BCUT2D eigenvalue weighted by atomic mass is 9.99. The molecule has 0 aliphatic heterocycles. The maximum atomic E-state index is 6.04. The van der Waals surface area contributed by atoms with Crippen molar-refractivity contribution in [2.45, 2.75) is 0 Å². The van der Waals surface area contributed by atoms with Crippen molar-refractivity contribution >= 4 is 5.69 Å². The predicted molar refractivity (Wildman–Crippen MR) is 125 cm³/mol. The molecule has 3 N–H and O–H groups in total. The second-order valence-corrected chi connectivity index (χ2v) is 7.21. The topological polar surface area (TPSA) is 54.7 Å². The van der Waals surface area contributed by atoms with Gasteiger partial charge in [-0.3, -0.25) is 0 Å². The molecule has 30 heavy (non-hydrogen) atoms. The number of nitrogens with zero attached hydrogens (tertiary/aromatic N) is 1. The van der Waals surface area contributed by atoms with Crippen LogP contribution in [0.5, 0.6) is 0 Å². The molecule has 0 fully saturated rings. The van der Waals surface area contributed by atoms with E-state index < -0.39 is 0 Å². The van der Waals surface area contributed by atoms with E-state index in [1.54, 1.807) is 0 Å². The summed E-state index contributed by atoms with van der Waals surface area (Å²) in [5, 5.41) is 0. The van der Waals surface area contributed by atoms with Gasteiger partial charge in [0.05, 0.1) is 11.4 Å². The molecule has 4 aromatic carbocycles. The fraction of sp³-hybridized carbons (Fsp3) is 0. The van der Waals surface area contributed by atoms with Gasteiger partial charge in [0.2, 0.25) is 0 Å². The van der Waals surface area contributed by atoms with Crippen molar-refractivity contribution in [2.24, 2.45) is 0 Å². The first kappa shape index (κ1) is 18.0. The van der Waals surface area contributed by atoms with E-state index in [1.807, 2.05) is 66.7 Å². The van der Waals surface area contributed by atoms with Gasteiger partial charge in [-0.05, 0) is 23.3 Å². The van der Waals surface area contributed by atoms with E-state index in [9.17, 15) is 0 Å². The SMILES string of the molecule is Nc1cccc(-c2ccccc2-c2nc(-c3ccccc3)c(-c3ccccc3)[nH]2)c1. The van der Waals surface area contributed by atoms with Crippen LogP contribution in [0.2, 0.25) is 0 Å². The van der Waals surface area contributed by atoms with Crippen LogP contribution in [-0.2, 0) is 0 Å². The third-order valence-electron chi connectivity index (χ3n) is 5.19. The minimum Gasteiger partial charge on any atom is -0.399 e.